The molecule has 0 N–H and O–H groups in total. The molecule has 0 atom stereocenters. The molecule has 9 heteroatoms. The van der Waals surface area contributed by atoms with Gasteiger partial charge in [-0.2, -0.15) is 0 Å². The molecule has 0 radical (unpaired) electrons. The van der Waals surface area contributed by atoms with Gasteiger partial charge in [0.15, 0.2) is 11.0 Å². The van der Waals surface area contributed by atoms with E-state index in [2.05, 4.69) is 15.2 Å². The van der Waals surface area contributed by atoms with Gasteiger partial charge in [-0.1, -0.05) is 48.2 Å². The molecule has 7 nitrogen and oxygen atoms in total. The summed E-state index contributed by atoms with van der Waals surface area (Å²) in [6.07, 6.45) is 1.82. The topological polar surface area (TPSA) is 73.1 Å². The monoisotopic (exact) mass is 493 g/mol. The maximum Gasteiger partial charge on any atom is 0.233 e. The van der Waals surface area contributed by atoms with Crippen molar-refractivity contribution in [1.82, 2.24) is 24.6 Å². The molecule has 2 aromatic heterocycles. The summed E-state index contributed by atoms with van der Waals surface area (Å²) in [5.41, 5.74) is 3.08. The van der Waals surface area contributed by atoms with Crippen LogP contribution in [0.2, 0.25) is 0 Å². The molecule has 176 valence electrons. The van der Waals surface area contributed by atoms with Gasteiger partial charge in [-0.3, -0.25) is 9.36 Å². The van der Waals surface area contributed by atoms with E-state index >= 15 is 0 Å². The van der Waals surface area contributed by atoms with E-state index < -0.39 is 0 Å². The third kappa shape index (κ3) is 5.66. The van der Waals surface area contributed by atoms with Crippen molar-refractivity contribution in [1.29, 1.82) is 0 Å². The number of ether oxygens (including phenoxy) is 1. The molecule has 2 heterocycles. The van der Waals surface area contributed by atoms with Crippen LogP contribution >= 0.6 is 23.1 Å². The van der Waals surface area contributed by atoms with Crippen molar-refractivity contribution < 1.29 is 9.53 Å². The Balaban J connectivity index is 1.50. The van der Waals surface area contributed by atoms with Gasteiger partial charge >= 0.3 is 0 Å². The molecular formula is C25H27N5O2S2. The Morgan fingerprint density at radius 1 is 1.06 bits per heavy atom. The Kier molecular flexibility index (Phi) is 7.64. The summed E-state index contributed by atoms with van der Waals surface area (Å²) in [7, 11) is 1.81. The summed E-state index contributed by atoms with van der Waals surface area (Å²) in [5, 5.41) is 10.4. The largest absolute Gasteiger partial charge is 0.485 e. The van der Waals surface area contributed by atoms with Crippen LogP contribution in [0.4, 0.5) is 0 Å². The SMILES string of the molecule is Cc1ncc(CN(C)C(=O)CSc2nnc(COc3c(C)cccc3C)n2-c2ccccc2)s1. The van der Waals surface area contributed by atoms with Crippen molar-refractivity contribution in [2.24, 2.45) is 0 Å². The van der Waals surface area contributed by atoms with Crippen LogP contribution in [0.5, 0.6) is 5.75 Å². The zero-order valence-electron chi connectivity index (χ0n) is 19.7. The fourth-order valence-electron chi connectivity index (χ4n) is 3.52. The lowest BCUT2D eigenvalue weighted by Crippen LogP contribution is -2.27. The van der Waals surface area contributed by atoms with E-state index in [0.717, 1.165) is 32.4 Å². The molecule has 0 fully saturated rings. The van der Waals surface area contributed by atoms with Gasteiger partial charge in [0.05, 0.1) is 17.3 Å². The number of carbonyl (C=O) groups excluding carboxylic acids is 1. The molecule has 0 unspecified atom stereocenters. The lowest BCUT2D eigenvalue weighted by atomic mass is 10.1. The fourth-order valence-corrected chi connectivity index (χ4v) is 5.28. The predicted molar refractivity (Wildman–Crippen MR) is 136 cm³/mol. The van der Waals surface area contributed by atoms with E-state index in [4.69, 9.17) is 4.74 Å². The number of hydrogen-bond acceptors (Lipinski definition) is 7. The van der Waals surface area contributed by atoms with E-state index in [1.807, 2.05) is 87.1 Å². The van der Waals surface area contributed by atoms with Gasteiger partial charge in [0.25, 0.3) is 0 Å². The smallest absolute Gasteiger partial charge is 0.233 e. The number of para-hydroxylation sites is 2. The number of nitrogens with zero attached hydrogens (tertiary/aromatic N) is 5. The lowest BCUT2D eigenvalue weighted by molar-refractivity contribution is -0.127. The van der Waals surface area contributed by atoms with Crippen molar-refractivity contribution in [3.63, 3.8) is 0 Å². The second-order valence-electron chi connectivity index (χ2n) is 7.96. The zero-order chi connectivity index (χ0) is 24.1. The van der Waals surface area contributed by atoms with Crippen molar-refractivity contribution in [3.8, 4) is 11.4 Å². The molecule has 2 aromatic carbocycles. The molecule has 0 saturated carbocycles. The molecule has 0 aliphatic carbocycles. The van der Waals surface area contributed by atoms with Crippen LogP contribution in [0.15, 0.2) is 59.9 Å². The molecule has 0 spiro atoms. The molecule has 0 saturated heterocycles. The highest BCUT2D eigenvalue weighted by atomic mass is 32.2. The lowest BCUT2D eigenvalue weighted by Gasteiger charge is -2.16. The summed E-state index contributed by atoms with van der Waals surface area (Å²) in [6, 6.07) is 16.0. The number of aromatic nitrogens is 4. The second kappa shape index (κ2) is 10.8. The van der Waals surface area contributed by atoms with Crippen LogP contribution in [-0.2, 0) is 17.9 Å². The first-order chi connectivity index (χ1) is 16.4. The van der Waals surface area contributed by atoms with E-state index in [9.17, 15) is 4.79 Å². The predicted octanol–water partition coefficient (Wildman–Crippen LogP) is 4.98. The summed E-state index contributed by atoms with van der Waals surface area (Å²) >= 11 is 2.98. The summed E-state index contributed by atoms with van der Waals surface area (Å²) in [6.45, 7) is 6.84. The molecular weight excluding hydrogens is 466 g/mol. The quantitative estimate of drug-likeness (QED) is 0.306. The van der Waals surface area contributed by atoms with Crippen molar-refractivity contribution >= 4 is 29.0 Å². The highest BCUT2D eigenvalue weighted by Crippen LogP contribution is 2.26. The standard InChI is InChI=1S/C25H27N5O2S2/c1-17-9-8-10-18(2)24(17)32-15-22-27-28-25(30(22)20-11-6-5-7-12-20)33-16-23(31)29(4)14-21-13-26-19(3)34-21/h5-13H,14-16H2,1-4H3. The van der Waals surface area contributed by atoms with Crippen LogP contribution < -0.4 is 4.74 Å². The van der Waals surface area contributed by atoms with Gasteiger partial charge in [0, 0.05) is 23.8 Å². The molecule has 4 rings (SSSR count). The zero-order valence-corrected chi connectivity index (χ0v) is 21.3. The molecule has 0 aliphatic heterocycles. The minimum Gasteiger partial charge on any atom is -0.485 e. The fraction of sp³-hybridized carbons (Fsp3) is 0.280. The maximum atomic E-state index is 12.8. The Bertz CT molecular complexity index is 1250. The van der Waals surface area contributed by atoms with Crippen molar-refractivity contribution in [3.05, 3.63) is 81.6 Å². The Labute approximate surface area is 207 Å². The van der Waals surface area contributed by atoms with Crippen molar-refractivity contribution in [2.45, 2.75) is 39.1 Å². The van der Waals surface area contributed by atoms with Crippen LogP contribution in [0.1, 0.15) is 26.8 Å². The van der Waals surface area contributed by atoms with E-state index in [-0.39, 0.29) is 18.3 Å². The van der Waals surface area contributed by atoms with Gasteiger partial charge in [-0.25, -0.2) is 4.98 Å². The number of rotatable bonds is 9. The number of amides is 1. The molecule has 4 aromatic rings. The second-order valence-corrected chi connectivity index (χ2v) is 10.2. The number of aryl methyl sites for hydroxylation is 3. The van der Waals surface area contributed by atoms with Gasteiger partial charge in [-0.15, -0.1) is 21.5 Å². The van der Waals surface area contributed by atoms with E-state index in [1.54, 1.807) is 16.2 Å². The normalized spacial score (nSPS) is 10.9. The van der Waals surface area contributed by atoms with Crippen LogP contribution in [0, 0.1) is 20.8 Å². The molecule has 34 heavy (non-hydrogen) atoms. The average molecular weight is 494 g/mol. The Morgan fingerprint density at radius 3 is 2.47 bits per heavy atom. The van der Waals surface area contributed by atoms with Crippen LogP contribution in [0.25, 0.3) is 5.69 Å². The first kappa shape index (κ1) is 24.0. The summed E-state index contributed by atoms with van der Waals surface area (Å²) in [5.74, 6) is 1.82. The van der Waals surface area contributed by atoms with Crippen LogP contribution in [0.3, 0.4) is 0 Å². The number of hydrogen-bond donors (Lipinski definition) is 0. The highest BCUT2D eigenvalue weighted by Gasteiger charge is 2.18. The number of thiazole rings is 1. The Morgan fingerprint density at radius 2 is 1.79 bits per heavy atom. The summed E-state index contributed by atoms with van der Waals surface area (Å²) in [4.78, 5) is 19.8. The third-order valence-electron chi connectivity index (χ3n) is 5.28. The average Bonchev–Trinajstić information content (AvgIpc) is 3.43. The van der Waals surface area contributed by atoms with E-state index in [1.165, 1.54) is 11.8 Å². The van der Waals surface area contributed by atoms with Gasteiger partial charge in [0.2, 0.25) is 5.91 Å². The first-order valence-electron chi connectivity index (χ1n) is 10.9. The number of benzene rings is 2. The molecule has 1 amide bonds. The molecule has 0 aliphatic rings. The van der Waals surface area contributed by atoms with Crippen molar-refractivity contribution in [2.75, 3.05) is 12.8 Å². The van der Waals surface area contributed by atoms with Gasteiger partial charge in [-0.05, 0) is 44.0 Å². The van der Waals surface area contributed by atoms with E-state index in [0.29, 0.717) is 17.5 Å². The minimum absolute atomic E-state index is 0.0204. The highest BCUT2D eigenvalue weighted by molar-refractivity contribution is 7.99. The van der Waals surface area contributed by atoms with Crippen LogP contribution in [-0.4, -0.2) is 43.4 Å². The number of carbonyl (C=O) groups is 1. The first-order valence-corrected chi connectivity index (χ1v) is 12.7. The summed E-state index contributed by atoms with van der Waals surface area (Å²) < 4.78 is 8.11. The van der Waals surface area contributed by atoms with Gasteiger partial charge < -0.3 is 9.64 Å². The van der Waals surface area contributed by atoms with Gasteiger partial charge in [0.1, 0.15) is 12.4 Å². The minimum atomic E-state index is 0.0204. The molecule has 0 bridgehead atoms. The third-order valence-corrected chi connectivity index (χ3v) is 7.09. The number of thioether (sulfide) groups is 1. The Hall–Kier alpha value is -3.17. The maximum absolute atomic E-state index is 12.8.